The molecule has 0 fully saturated rings. The fourth-order valence-electron chi connectivity index (χ4n) is 1.21. The predicted octanol–water partition coefficient (Wildman–Crippen LogP) is 1.61. The maximum atomic E-state index is 11.5. The predicted molar refractivity (Wildman–Crippen MR) is 51.8 cm³/mol. The number of esters is 1. The molecule has 0 spiro atoms. The average molecular weight is 200 g/mol. The van der Waals surface area contributed by atoms with Gasteiger partial charge in [0.2, 0.25) is 0 Å². The summed E-state index contributed by atoms with van der Waals surface area (Å²) in [6.07, 6.45) is 1.72. The second-order valence-electron chi connectivity index (χ2n) is 2.95. The van der Waals surface area contributed by atoms with Crippen LogP contribution >= 0.6 is 0 Å². The van der Waals surface area contributed by atoms with Gasteiger partial charge in [0, 0.05) is 0 Å². The largest absolute Gasteiger partial charge is 0.480 e. The van der Waals surface area contributed by atoms with Crippen molar-refractivity contribution in [1.82, 2.24) is 0 Å². The molecule has 0 radical (unpaired) electrons. The van der Waals surface area contributed by atoms with E-state index in [0.717, 1.165) is 0 Å². The molecule has 1 unspecified atom stereocenters. The van der Waals surface area contributed by atoms with Crippen LogP contribution in [-0.2, 0) is 14.3 Å². The highest BCUT2D eigenvalue weighted by Crippen LogP contribution is 2.29. The van der Waals surface area contributed by atoms with E-state index in [2.05, 4.69) is 6.58 Å². The van der Waals surface area contributed by atoms with Crippen LogP contribution in [0.4, 0.5) is 0 Å². The third kappa shape index (κ3) is 2.34. The Hall–Kier alpha value is -1.32. The van der Waals surface area contributed by atoms with Crippen LogP contribution in [0.15, 0.2) is 12.7 Å². The first-order valence-corrected chi connectivity index (χ1v) is 4.56. The van der Waals surface area contributed by atoms with Gasteiger partial charge in [0.05, 0.1) is 6.61 Å². The molecule has 0 aromatic rings. The summed E-state index contributed by atoms with van der Waals surface area (Å²) in [5.74, 6) is -1.84. The zero-order valence-corrected chi connectivity index (χ0v) is 8.58. The number of carbonyl (C=O) groups is 2. The molecule has 4 nitrogen and oxygen atoms in total. The third-order valence-electron chi connectivity index (χ3n) is 2.17. The molecule has 0 rings (SSSR count). The van der Waals surface area contributed by atoms with Crippen LogP contribution in [0.5, 0.6) is 0 Å². The maximum absolute atomic E-state index is 11.5. The lowest BCUT2D eigenvalue weighted by molar-refractivity contribution is -0.168. The Morgan fingerprint density at radius 3 is 2.36 bits per heavy atom. The van der Waals surface area contributed by atoms with Gasteiger partial charge in [-0.05, 0) is 19.8 Å². The van der Waals surface area contributed by atoms with Gasteiger partial charge >= 0.3 is 11.9 Å². The highest BCUT2D eigenvalue weighted by Gasteiger charge is 2.44. The van der Waals surface area contributed by atoms with Crippen molar-refractivity contribution in [2.45, 2.75) is 26.7 Å². The van der Waals surface area contributed by atoms with Crippen molar-refractivity contribution in [3.8, 4) is 0 Å². The molecule has 0 aliphatic heterocycles. The number of rotatable bonds is 6. The van der Waals surface area contributed by atoms with Crippen LogP contribution in [-0.4, -0.2) is 23.7 Å². The monoisotopic (exact) mass is 200 g/mol. The highest BCUT2D eigenvalue weighted by atomic mass is 16.5. The van der Waals surface area contributed by atoms with Gasteiger partial charge in [0.1, 0.15) is 0 Å². The summed E-state index contributed by atoms with van der Waals surface area (Å²) >= 11 is 0. The first-order valence-electron chi connectivity index (χ1n) is 4.56. The van der Waals surface area contributed by atoms with Gasteiger partial charge in [0.15, 0.2) is 5.41 Å². The van der Waals surface area contributed by atoms with E-state index in [1.807, 2.05) is 0 Å². The fourth-order valence-corrected chi connectivity index (χ4v) is 1.21. The van der Waals surface area contributed by atoms with Gasteiger partial charge < -0.3 is 9.84 Å². The Bertz CT molecular complexity index is 234. The summed E-state index contributed by atoms with van der Waals surface area (Å²) in [5.41, 5.74) is -1.46. The van der Waals surface area contributed by atoms with Gasteiger partial charge in [0.25, 0.3) is 0 Å². The number of carbonyl (C=O) groups excluding carboxylic acids is 1. The zero-order chi connectivity index (χ0) is 11.2. The van der Waals surface area contributed by atoms with Gasteiger partial charge in [-0.25, -0.2) is 0 Å². The van der Waals surface area contributed by atoms with E-state index in [1.54, 1.807) is 13.8 Å². The average Bonchev–Trinajstić information content (AvgIpc) is 2.14. The second kappa shape index (κ2) is 5.42. The molecule has 1 N–H and O–H groups in total. The number of carboxylic acids is 1. The van der Waals surface area contributed by atoms with Crippen LogP contribution < -0.4 is 0 Å². The first-order chi connectivity index (χ1) is 6.55. The Balaban J connectivity index is 4.91. The highest BCUT2D eigenvalue weighted by molar-refractivity contribution is 5.99. The van der Waals surface area contributed by atoms with Crippen molar-refractivity contribution in [1.29, 1.82) is 0 Å². The molecule has 0 aliphatic rings. The van der Waals surface area contributed by atoms with Gasteiger partial charge in [-0.3, -0.25) is 9.59 Å². The van der Waals surface area contributed by atoms with Crippen LogP contribution in [0.25, 0.3) is 0 Å². The summed E-state index contributed by atoms with van der Waals surface area (Å²) in [6, 6.07) is 0. The van der Waals surface area contributed by atoms with Crippen LogP contribution in [0.3, 0.4) is 0 Å². The molecule has 0 saturated heterocycles. The Morgan fingerprint density at radius 2 is 2.07 bits per heavy atom. The van der Waals surface area contributed by atoms with Crippen LogP contribution in [0.2, 0.25) is 0 Å². The van der Waals surface area contributed by atoms with Crippen LogP contribution in [0, 0.1) is 5.41 Å². The number of hydrogen-bond donors (Lipinski definition) is 1. The van der Waals surface area contributed by atoms with Crippen molar-refractivity contribution < 1.29 is 19.4 Å². The third-order valence-corrected chi connectivity index (χ3v) is 2.17. The van der Waals surface area contributed by atoms with Gasteiger partial charge in [-0.15, -0.1) is 6.58 Å². The Kier molecular flexibility index (Phi) is 4.91. The molecule has 1 atom stereocenters. The molecular weight excluding hydrogens is 184 g/mol. The van der Waals surface area contributed by atoms with Crippen molar-refractivity contribution >= 4 is 11.9 Å². The lowest BCUT2D eigenvalue weighted by Crippen LogP contribution is -2.39. The summed E-state index contributed by atoms with van der Waals surface area (Å²) in [7, 11) is 0. The maximum Gasteiger partial charge on any atom is 0.323 e. The molecular formula is C10H16O4. The van der Waals surface area contributed by atoms with Crippen molar-refractivity contribution in [2.24, 2.45) is 5.41 Å². The molecule has 14 heavy (non-hydrogen) atoms. The summed E-state index contributed by atoms with van der Waals surface area (Å²) in [6.45, 7) is 6.93. The topological polar surface area (TPSA) is 63.6 Å². The molecule has 0 saturated carbocycles. The van der Waals surface area contributed by atoms with E-state index < -0.39 is 17.4 Å². The summed E-state index contributed by atoms with van der Waals surface area (Å²) < 4.78 is 4.74. The first kappa shape index (κ1) is 12.7. The number of aliphatic carboxylic acids is 1. The summed E-state index contributed by atoms with van der Waals surface area (Å²) in [4.78, 5) is 22.5. The van der Waals surface area contributed by atoms with Crippen molar-refractivity contribution in [3.05, 3.63) is 12.7 Å². The van der Waals surface area contributed by atoms with Crippen molar-refractivity contribution in [2.75, 3.05) is 6.61 Å². The van der Waals surface area contributed by atoms with Gasteiger partial charge in [-0.1, -0.05) is 13.0 Å². The minimum absolute atomic E-state index is 0.0949. The molecule has 0 amide bonds. The number of ether oxygens (including phenoxy) is 1. The standard InChI is InChI=1S/C10H16O4/c1-4-7-10(5-2,8(11)12)9(13)14-6-3/h4H,1,5-7H2,2-3H3,(H,11,12). The molecule has 0 heterocycles. The molecule has 0 aromatic heterocycles. The van der Waals surface area contributed by atoms with Crippen molar-refractivity contribution in [3.63, 3.8) is 0 Å². The van der Waals surface area contributed by atoms with Crippen LogP contribution in [0.1, 0.15) is 26.7 Å². The van der Waals surface area contributed by atoms with E-state index in [9.17, 15) is 9.59 Å². The number of allylic oxidation sites excluding steroid dienone is 1. The lowest BCUT2D eigenvalue weighted by atomic mass is 9.82. The Labute approximate surface area is 83.6 Å². The molecule has 0 aromatic carbocycles. The second-order valence-corrected chi connectivity index (χ2v) is 2.95. The van der Waals surface area contributed by atoms with E-state index in [-0.39, 0.29) is 19.4 Å². The zero-order valence-electron chi connectivity index (χ0n) is 8.58. The van der Waals surface area contributed by atoms with E-state index in [4.69, 9.17) is 9.84 Å². The molecule has 0 bridgehead atoms. The summed E-state index contributed by atoms with van der Waals surface area (Å²) in [5, 5.41) is 9.00. The van der Waals surface area contributed by atoms with Gasteiger partial charge in [-0.2, -0.15) is 0 Å². The minimum Gasteiger partial charge on any atom is -0.480 e. The quantitative estimate of drug-likeness (QED) is 0.402. The number of hydrogen-bond acceptors (Lipinski definition) is 3. The Morgan fingerprint density at radius 1 is 1.50 bits per heavy atom. The molecule has 80 valence electrons. The van der Waals surface area contributed by atoms with E-state index >= 15 is 0 Å². The molecule has 4 heteroatoms. The number of carboxylic acid groups (broad SMARTS) is 1. The SMILES string of the molecule is C=CCC(CC)(C(=O)O)C(=O)OCC. The minimum atomic E-state index is -1.46. The normalized spacial score (nSPS) is 14.1. The van der Waals surface area contributed by atoms with E-state index in [1.165, 1.54) is 6.08 Å². The molecule has 0 aliphatic carbocycles. The van der Waals surface area contributed by atoms with E-state index in [0.29, 0.717) is 0 Å². The lowest BCUT2D eigenvalue weighted by Gasteiger charge is -2.23. The smallest absolute Gasteiger partial charge is 0.323 e. The fraction of sp³-hybridized carbons (Fsp3) is 0.600.